The maximum Gasteiger partial charge on any atom is 0.334 e. The minimum atomic E-state index is -0.932. The molecular formula is C17H18N2O4. The molecular weight excluding hydrogens is 296 g/mol. The number of amides is 4. The van der Waals surface area contributed by atoms with Gasteiger partial charge in [0, 0.05) is 11.6 Å². The third-order valence-corrected chi connectivity index (χ3v) is 4.32. The predicted molar refractivity (Wildman–Crippen MR) is 81.9 cm³/mol. The summed E-state index contributed by atoms with van der Waals surface area (Å²) in [4.78, 5) is 50.0. The topological polar surface area (TPSA) is 74.8 Å². The van der Waals surface area contributed by atoms with Crippen molar-refractivity contribution in [3.05, 3.63) is 34.9 Å². The zero-order valence-corrected chi connectivity index (χ0v) is 13.2. The smallest absolute Gasteiger partial charge is 0.292 e. The maximum atomic E-state index is 12.4. The summed E-state index contributed by atoms with van der Waals surface area (Å²) < 4.78 is 0. The Labute approximate surface area is 134 Å². The van der Waals surface area contributed by atoms with Crippen LogP contribution in [-0.4, -0.2) is 46.0 Å². The Morgan fingerprint density at radius 2 is 1.78 bits per heavy atom. The monoisotopic (exact) mass is 314 g/mol. The lowest BCUT2D eigenvalue weighted by atomic mass is 10.0. The van der Waals surface area contributed by atoms with E-state index in [2.05, 4.69) is 0 Å². The van der Waals surface area contributed by atoms with Crippen LogP contribution in [0.4, 0.5) is 4.79 Å². The molecule has 0 unspecified atom stereocenters. The minimum Gasteiger partial charge on any atom is -0.292 e. The number of aryl methyl sites for hydroxylation is 2. The summed E-state index contributed by atoms with van der Waals surface area (Å²) in [5.41, 5.74) is 2.87. The molecule has 1 heterocycles. The zero-order valence-electron chi connectivity index (χ0n) is 13.2. The van der Waals surface area contributed by atoms with E-state index in [1.807, 2.05) is 12.1 Å². The van der Waals surface area contributed by atoms with Crippen molar-refractivity contribution in [1.82, 2.24) is 9.80 Å². The van der Waals surface area contributed by atoms with E-state index in [0.717, 1.165) is 34.6 Å². The van der Waals surface area contributed by atoms with Crippen LogP contribution in [0, 0.1) is 0 Å². The Hall–Kier alpha value is -2.50. The van der Waals surface area contributed by atoms with E-state index >= 15 is 0 Å². The molecule has 2 aliphatic rings. The molecule has 0 spiro atoms. The molecule has 1 aromatic rings. The molecule has 6 heteroatoms. The lowest BCUT2D eigenvalue weighted by Crippen LogP contribution is -2.39. The number of nitrogens with zero attached hydrogens (tertiary/aromatic N) is 2. The first-order chi connectivity index (χ1) is 10.9. The quantitative estimate of drug-likeness (QED) is 0.480. The summed E-state index contributed by atoms with van der Waals surface area (Å²) in [5, 5.41) is 0. The van der Waals surface area contributed by atoms with E-state index in [1.165, 1.54) is 5.56 Å². The Bertz CT molecular complexity index is 723. The summed E-state index contributed by atoms with van der Waals surface area (Å²) in [7, 11) is 0. The lowest BCUT2D eigenvalue weighted by molar-refractivity contribution is -0.143. The van der Waals surface area contributed by atoms with E-state index in [0.29, 0.717) is 5.56 Å². The van der Waals surface area contributed by atoms with Gasteiger partial charge in [-0.05, 0) is 50.3 Å². The first-order valence-electron chi connectivity index (χ1n) is 7.74. The molecule has 23 heavy (non-hydrogen) atoms. The second-order valence-electron chi connectivity index (χ2n) is 6.20. The average molecular weight is 314 g/mol. The largest absolute Gasteiger partial charge is 0.334 e. The number of imide groups is 2. The molecule has 0 saturated carbocycles. The number of rotatable bonds is 4. The highest BCUT2D eigenvalue weighted by molar-refractivity contribution is 6.45. The van der Waals surface area contributed by atoms with Crippen LogP contribution in [0.3, 0.4) is 0 Å². The number of benzene rings is 1. The van der Waals surface area contributed by atoms with Crippen LogP contribution in [0.2, 0.25) is 0 Å². The van der Waals surface area contributed by atoms with Crippen molar-refractivity contribution in [2.45, 2.75) is 39.2 Å². The van der Waals surface area contributed by atoms with Gasteiger partial charge in [0.15, 0.2) is 5.78 Å². The fourth-order valence-electron chi connectivity index (χ4n) is 3.10. The molecule has 4 amide bonds. The lowest BCUT2D eigenvalue weighted by Gasteiger charge is -2.18. The molecule has 0 aromatic heterocycles. The molecule has 0 atom stereocenters. The fourth-order valence-corrected chi connectivity index (χ4v) is 3.10. The van der Waals surface area contributed by atoms with Crippen molar-refractivity contribution < 1.29 is 19.2 Å². The number of carbonyl (C=O) groups excluding carboxylic acids is 4. The van der Waals surface area contributed by atoms with Crippen LogP contribution >= 0.6 is 0 Å². The molecule has 0 N–H and O–H groups in total. The van der Waals surface area contributed by atoms with Gasteiger partial charge < -0.3 is 0 Å². The van der Waals surface area contributed by atoms with E-state index in [-0.39, 0.29) is 5.78 Å². The summed E-state index contributed by atoms with van der Waals surface area (Å²) in [6.07, 6.45) is 3.04. The standard InChI is InChI=1S/C17H18N2O4/c1-10(2)19-16(22)15(21)18(17(19)23)9-14(20)13-7-6-11-4-3-5-12(11)8-13/h6-8,10H,3-5,9H2,1-2H3. The van der Waals surface area contributed by atoms with Crippen LogP contribution in [0.1, 0.15) is 41.8 Å². The van der Waals surface area contributed by atoms with E-state index in [1.54, 1.807) is 19.9 Å². The average Bonchev–Trinajstić information content (AvgIpc) is 3.05. The number of carbonyl (C=O) groups is 4. The number of hydrogen-bond acceptors (Lipinski definition) is 4. The molecule has 1 saturated heterocycles. The third-order valence-electron chi connectivity index (χ3n) is 4.32. The number of urea groups is 1. The highest BCUT2D eigenvalue weighted by Gasteiger charge is 2.46. The SMILES string of the molecule is CC(C)N1C(=O)C(=O)N(CC(=O)c2ccc3c(c2)CCC3)C1=O. The van der Waals surface area contributed by atoms with Gasteiger partial charge in [-0.3, -0.25) is 19.3 Å². The molecule has 1 aliphatic carbocycles. The minimum absolute atomic E-state index is 0.334. The van der Waals surface area contributed by atoms with Gasteiger partial charge in [-0.2, -0.15) is 0 Å². The van der Waals surface area contributed by atoms with Gasteiger partial charge in [0.25, 0.3) is 0 Å². The van der Waals surface area contributed by atoms with Gasteiger partial charge in [-0.1, -0.05) is 12.1 Å². The molecule has 1 aliphatic heterocycles. The van der Waals surface area contributed by atoms with E-state index in [9.17, 15) is 19.2 Å². The highest BCUT2D eigenvalue weighted by atomic mass is 16.2. The Morgan fingerprint density at radius 3 is 2.43 bits per heavy atom. The summed E-state index contributed by atoms with van der Waals surface area (Å²) in [5.74, 6) is -2.13. The maximum absolute atomic E-state index is 12.4. The molecule has 6 nitrogen and oxygen atoms in total. The van der Waals surface area contributed by atoms with Crippen molar-refractivity contribution in [2.75, 3.05) is 6.54 Å². The molecule has 1 fully saturated rings. The number of Topliss-reactive ketones (excluding diaryl/α,β-unsaturated/α-hetero) is 1. The summed E-state index contributed by atoms with van der Waals surface area (Å²) in [6.45, 7) is 2.90. The van der Waals surface area contributed by atoms with E-state index in [4.69, 9.17) is 0 Å². The zero-order chi connectivity index (χ0) is 16.7. The molecule has 120 valence electrons. The van der Waals surface area contributed by atoms with Crippen molar-refractivity contribution in [2.24, 2.45) is 0 Å². The number of hydrogen-bond donors (Lipinski definition) is 0. The molecule has 0 radical (unpaired) electrons. The van der Waals surface area contributed by atoms with Gasteiger partial charge >= 0.3 is 17.8 Å². The van der Waals surface area contributed by atoms with Crippen molar-refractivity contribution >= 4 is 23.6 Å². The normalized spacial score (nSPS) is 17.4. The third kappa shape index (κ3) is 2.54. The Balaban J connectivity index is 1.79. The first-order valence-corrected chi connectivity index (χ1v) is 7.74. The van der Waals surface area contributed by atoms with Gasteiger partial charge in [0.2, 0.25) is 0 Å². The highest BCUT2D eigenvalue weighted by Crippen LogP contribution is 2.23. The van der Waals surface area contributed by atoms with Gasteiger partial charge in [-0.25, -0.2) is 9.69 Å². The van der Waals surface area contributed by atoms with Crippen LogP contribution in [-0.2, 0) is 22.4 Å². The van der Waals surface area contributed by atoms with Crippen molar-refractivity contribution in [3.63, 3.8) is 0 Å². The van der Waals surface area contributed by atoms with Crippen LogP contribution in [0.25, 0.3) is 0 Å². The second kappa shape index (κ2) is 5.61. The fraction of sp³-hybridized carbons (Fsp3) is 0.412. The summed E-state index contributed by atoms with van der Waals surface area (Å²) in [6, 6.07) is 4.34. The van der Waals surface area contributed by atoms with Crippen LogP contribution in [0.5, 0.6) is 0 Å². The Kier molecular flexibility index (Phi) is 3.75. The van der Waals surface area contributed by atoms with Crippen molar-refractivity contribution in [1.29, 1.82) is 0 Å². The van der Waals surface area contributed by atoms with Gasteiger partial charge in [0.05, 0.1) is 6.54 Å². The Morgan fingerprint density at radius 1 is 1.09 bits per heavy atom. The molecule has 3 rings (SSSR count). The molecule has 0 bridgehead atoms. The van der Waals surface area contributed by atoms with Crippen molar-refractivity contribution in [3.8, 4) is 0 Å². The second-order valence-corrected chi connectivity index (χ2v) is 6.20. The van der Waals surface area contributed by atoms with Crippen LogP contribution < -0.4 is 0 Å². The van der Waals surface area contributed by atoms with Gasteiger partial charge in [0.1, 0.15) is 0 Å². The van der Waals surface area contributed by atoms with Gasteiger partial charge in [-0.15, -0.1) is 0 Å². The van der Waals surface area contributed by atoms with Crippen LogP contribution in [0.15, 0.2) is 18.2 Å². The summed E-state index contributed by atoms with van der Waals surface area (Å²) >= 11 is 0. The number of fused-ring (bicyclic) bond motifs is 1. The predicted octanol–water partition coefficient (Wildman–Crippen LogP) is 1.56. The number of ketones is 1. The van der Waals surface area contributed by atoms with E-state index < -0.39 is 30.4 Å². The molecule has 1 aromatic carbocycles. The first kappa shape index (κ1) is 15.4.